The van der Waals surface area contributed by atoms with Crippen molar-refractivity contribution in [2.45, 2.75) is 13.3 Å². The molecule has 0 saturated heterocycles. The number of rotatable bonds is 4. The lowest BCUT2D eigenvalue weighted by molar-refractivity contribution is -0.142. The van der Waals surface area contributed by atoms with E-state index in [1.807, 2.05) is 61.5 Å². The molecule has 3 heteroatoms. The van der Waals surface area contributed by atoms with Gasteiger partial charge in [-0.1, -0.05) is 48.5 Å². The third kappa shape index (κ3) is 2.68. The Morgan fingerprint density at radius 2 is 1.76 bits per heavy atom. The predicted octanol–water partition coefficient (Wildman–Crippen LogP) is 3.94. The van der Waals surface area contributed by atoms with Gasteiger partial charge in [0.1, 0.15) is 0 Å². The molecule has 2 aromatic carbocycles. The van der Waals surface area contributed by atoms with E-state index in [9.17, 15) is 4.79 Å². The number of benzene rings is 2. The van der Waals surface area contributed by atoms with Gasteiger partial charge in [0.15, 0.2) is 0 Å². The van der Waals surface area contributed by atoms with Crippen molar-refractivity contribution in [3.63, 3.8) is 0 Å². The van der Waals surface area contributed by atoms with Crippen LogP contribution in [0.4, 0.5) is 0 Å². The van der Waals surface area contributed by atoms with Crippen LogP contribution in [-0.2, 0) is 16.0 Å². The first-order chi connectivity index (χ1) is 10.3. The zero-order valence-electron chi connectivity index (χ0n) is 11.9. The summed E-state index contributed by atoms with van der Waals surface area (Å²) in [4.78, 5) is 15.3. The van der Waals surface area contributed by atoms with Crippen molar-refractivity contribution in [3.05, 3.63) is 60.2 Å². The molecule has 106 valence electrons. The Balaban J connectivity index is 2.12. The molecule has 0 spiro atoms. The summed E-state index contributed by atoms with van der Waals surface area (Å²) in [5, 5.41) is 1.07. The average molecular weight is 279 g/mol. The Bertz CT molecular complexity index is 759. The van der Waals surface area contributed by atoms with E-state index >= 15 is 0 Å². The first kappa shape index (κ1) is 13.4. The van der Waals surface area contributed by atoms with Crippen LogP contribution in [0.1, 0.15) is 12.5 Å². The van der Waals surface area contributed by atoms with Crippen LogP contribution >= 0.6 is 0 Å². The minimum atomic E-state index is -0.195. The van der Waals surface area contributed by atoms with Crippen LogP contribution in [0.5, 0.6) is 0 Å². The molecule has 3 rings (SSSR count). The molecule has 0 radical (unpaired) electrons. The number of nitrogens with one attached hydrogen (secondary N) is 1. The van der Waals surface area contributed by atoms with Crippen LogP contribution < -0.4 is 0 Å². The molecule has 0 aliphatic carbocycles. The van der Waals surface area contributed by atoms with Gasteiger partial charge in [-0.15, -0.1) is 0 Å². The van der Waals surface area contributed by atoms with Crippen molar-refractivity contribution in [1.82, 2.24) is 4.98 Å². The molecule has 3 aromatic rings. The summed E-state index contributed by atoms with van der Waals surface area (Å²) in [5.41, 5.74) is 4.10. The van der Waals surface area contributed by atoms with Gasteiger partial charge in [0, 0.05) is 10.9 Å². The highest BCUT2D eigenvalue weighted by molar-refractivity contribution is 5.94. The maximum atomic E-state index is 11.9. The minimum Gasteiger partial charge on any atom is -0.466 e. The van der Waals surface area contributed by atoms with Crippen molar-refractivity contribution in [2.75, 3.05) is 6.61 Å². The van der Waals surface area contributed by atoms with Crippen LogP contribution in [0.15, 0.2) is 54.6 Å². The van der Waals surface area contributed by atoms with Crippen LogP contribution in [0.2, 0.25) is 0 Å². The quantitative estimate of drug-likeness (QED) is 0.735. The SMILES string of the molecule is CCOC(=O)Cc1c(-c2ccccc2)[nH]c2ccccc12. The van der Waals surface area contributed by atoms with Crippen LogP contribution in [0, 0.1) is 0 Å². The first-order valence-electron chi connectivity index (χ1n) is 7.10. The molecule has 1 N–H and O–H groups in total. The highest BCUT2D eigenvalue weighted by Crippen LogP contribution is 2.30. The fourth-order valence-corrected chi connectivity index (χ4v) is 2.59. The number of aromatic nitrogens is 1. The van der Waals surface area contributed by atoms with E-state index in [4.69, 9.17) is 4.74 Å². The fourth-order valence-electron chi connectivity index (χ4n) is 2.59. The summed E-state index contributed by atoms with van der Waals surface area (Å²) < 4.78 is 5.10. The predicted molar refractivity (Wildman–Crippen MR) is 84.1 cm³/mol. The Labute approximate surface area is 123 Å². The molecule has 0 bridgehead atoms. The number of aromatic amines is 1. The Morgan fingerprint density at radius 1 is 1.05 bits per heavy atom. The maximum Gasteiger partial charge on any atom is 0.310 e. The van der Waals surface area contributed by atoms with Crippen molar-refractivity contribution in [2.24, 2.45) is 0 Å². The summed E-state index contributed by atoms with van der Waals surface area (Å²) in [6, 6.07) is 18.1. The zero-order chi connectivity index (χ0) is 14.7. The number of esters is 1. The molecular formula is C18H17NO2. The normalized spacial score (nSPS) is 10.7. The number of ether oxygens (including phenoxy) is 1. The van der Waals surface area contributed by atoms with Crippen LogP contribution in [0.3, 0.4) is 0 Å². The summed E-state index contributed by atoms with van der Waals surface area (Å²) in [6.45, 7) is 2.23. The van der Waals surface area contributed by atoms with Crippen molar-refractivity contribution >= 4 is 16.9 Å². The van der Waals surface area contributed by atoms with E-state index in [-0.39, 0.29) is 12.4 Å². The van der Waals surface area contributed by atoms with Gasteiger partial charge in [-0.25, -0.2) is 0 Å². The van der Waals surface area contributed by atoms with E-state index in [2.05, 4.69) is 4.98 Å². The van der Waals surface area contributed by atoms with Crippen molar-refractivity contribution in [3.8, 4) is 11.3 Å². The molecule has 3 nitrogen and oxygen atoms in total. The molecule has 0 saturated carbocycles. The lowest BCUT2D eigenvalue weighted by Crippen LogP contribution is -2.07. The molecule has 0 amide bonds. The number of H-pyrrole nitrogens is 1. The number of carbonyl (C=O) groups excluding carboxylic acids is 1. The monoisotopic (exact) mass is 279 g/mol. The van der Waals surface area contributed by atoms with Gasteiger partial charge >= 0.3 is 5.97 Å². The molecule has 0 aliphatic heterocycles. The Hall–Kier alpha value is -2.55. The smallest absolute Gasteiger partial charge is 0.310 e. The number of hydrogen-bond donors (Lipinski definition) is 1. The highest BCUT2D eigenvalue weighted by atomic mass is 16.5. The zero-order valence-corrected chi connectivity index (χ0v) is 11.9. The van der Waals surface area contributed by atoms with E-state index in [1.54, 1.807) is 0 Å². The van der Waals surface area contributed by atoms with Gasteiger partial charge in [0.25, 0.3) is 0 Å². The second kappa shape index (κ2) is 5.83. The number of para-hydroxylation sites is 1. The number of fused-ring (bicyclic) bond motifs is 1. The largest absolute Gasteiger partial charge is 0.466 e. The molecule has 0 atom stereocenters. The van der Waals surface area contributed by atoms with Gasteiger partial charge in [-0.05, 0) is 24.1 Å². The van der Waals surface area contributed by atoms with Crippen LogP contribution in [0.25, 0.3) is 22.2 Å². The topological polar surface area (TPSA) is 42.1 Å². The molecular weight excluding hydrogens is 262 g/mol. The Morgan fingerprint density at radius 3 is 2.52 bits per heavy atom. The van der Waals surface area contributed by atoms with E-state index in [0.717, 1.165) is 27.7 Å². The average Bonchev–Trinajstić information content (AvgIpc) is 2.87. The van der Waals surface area contributed by atoms with Crippen molar-refractivity contribution < 1.29 is 9.53 Å². The fraction of sp³-hybridized carbons (Fsp3) is 0.167. The van der Waals surface area contributed by atoms with Gasteiger partial charge in [0.2, 0.25) is 0 Å². The number of hydrogen-bond acceptors (Lipinski definition) is 2. The Kier molecular flexibility index (Phi) is 3.73. The summed E-state index contributed by atoms with van der Waals surface area (Å²) in [7, 11) is 0. The number of carbonyl (C=O) groups is 1. The van der Waals surface area contributed by atoms with E-state index < -0.39 is 0 Å². The summed E-state index contributed by atoms with van der Waals surface area (Å²) in [5.74, 6) is -0.195. The van der Waals surface area contributed by atoms with Gasteiger partial charge in [0.05, 0.1) is 18.7 Å². The molecule has 1 heterocycles. The first-order valence-corrected chi connectivity index (χ1v) is 7.10. The molecule has 1 aromatic heterocycles. The van der Waals surface area contributed by atoms with E-state index in [1.165, 1.54) is 0 Å². The molecule has 0 aliphatic rings. The third-order valence-corrected chi connectivity index (χ3v) is 3.50. The second-order valence-corrected chi connectivity index (χ2v) is 4.87. The van der Waals surface area contributed by atoms with Gasteiger partial charge < -0.3 is 9.72 Å². The summed E-state index contributed by atoms with van der Waals surface area (Å²) >= 11 is 0. The lowest BCUT2D eigenvalue weighted by Gasteiger charge is -2.05. The van der Waals surface area contributed by atoms with Gasteiger partial charge in [-0.2, -0.15) is 0 Å². The molecule has 0 unspecified atom stereocenters. The summed E-state index contributed by atoms with van der Waals surface area (Å²) in [6.07, 6.45) is 0.280. The molecule has 21 heavy (non-hydrogen) atoms. The maximum absolute atomic E-state index is 11.9. The molecule has 0 fully saturated rings. The van der Waals surface area contributed by atoms with Gasteiger partial charge in [-0.3, -0.25) is 4.79 Å². The standard InChI is InChI=1S/C18H17NO2/c1-2-21-17(20)12-15-14-10-6-7-11-16(14)19-18(15)13-8-4-3-5-9-13/h3-11,19H,2,12H2,1H3. The second-order valence-electron chi connectivity index (χ2n) is 4.87. The minimum absolute atomic E-state index is 0.195. The lowest BCUT2D eigenvalue weighted by atomic mass is 10.0. The highest BCUT2D eigenvalue weighted by Gasteiger charge is 2.16. The third-order valence-electron chi connectivity index (χ3n) is 3.50. The van der Waals surface area contributed by atoms with Crippen LogP contribution in [-0.4, -0.2) is 17.6 Å². The van der Waals surface area contributed by atoms with Crippen molar-refractivity contribution in [1.29, 1.82) is 0 Å². The van der Waals surface area contributed by atoms with E-state index in [0.29, 0.717) is 6.61 Å².